The Balaban J connectivity index is 2.77. The molecular weight excluding hydrogens is 254 g/mol. The number of halogens is 1. The number of benzene rings is 1. The number of nitrogens with zero attached hydrogens (tertiary/aromatic N) is 3. The highest BCUT2D eigenvalue weighted by atomic mass is 79.9. The van der Waals surface area contributed by atoms with Crippen molar-refractivity contribution in [3.63, 3.8) is 0 Å². The predicted octanol–water partition coefficient (Wildman–Crippen LogP) is 2.71. The second-order valence-electron chi connectivity index (χ2n) is 3.51. The standard InChI is InChI=1S/C11H10BrN3/c1-7-5-8(12)6-9-11(7)14-10(3-4-13)15(9)2/h5-6H,3H2,1-2H3. The third kappa shape index (κ3) is 1.64. The number of fused-ring (bicyclic) bond motifs is 1. The van der Waals surface area contributed by atoms with Crippen molar-refractivity contribution in [2.24, 2.45) is 7.05 Å². The number of rotatable bonds is 1. The van der Waals surface area contributed by atoms with Crippen LogP contribution in [0.25, 0.3) is 11.0 Å². The normalized spacial score (nSPS) is 10.5. The van der Waals surface area contributed by atoms with Gasteiger partial charge in [0, 0.05) is 11.5 Å². The first-order chi connectivity index (χ1) is 7.13. The Labute approximate surface area is 96.5 Å². The van der Waals surface area contributed by atoms with E-state index in [1.807, 2.05) is 30.7 Å². The molecule has 3 nitrogen and oxygen atoms in total. The van der Waals surface area contributed by atoms with Crippen LogP contribution in [0, 0.1) is 18.3 Å². The van der Waals surface area contributed by atoms with E-state index < -0.39 is 0 Å². The van der Waals surface area contributed by atoms with E-state index >= 15 is 0 Å². The molecule has 2 rings (SSSR count). The molecule has 0 aliphatic heterocycles. The summed E-state index contributed by atoms with van der Waals surface area (Å²) in [5.74, 6) is 0.814. The van der Waals surface area contributed by atoms with Crippen molar-refractivity contribution >= 4 is 27.0 Å². The minimum atomic E-state index is 0.349. The Morgan fingerprint density at radius 2 is 2.27 bits per heavy atom. The summed E-state index contributed by atoms with van der Waals surface area (Å²) < 4.78 is 3.01. The molecule has 0 unspecified atom stereocenters. The van der Waals surface area contributed by atoms with Crippen LogP contribution in [-0.2, 0) is 13.5 Å². The van der Waals surface area contributed by atoms with Crippen LogP contribution < -0.4 is 0 Å². The highest BCUT2D eigenvalue weighted by molar-refractivity contribution is 9.10. The van der Waals surface area contributed by atoms with Crippen molar-refractivity contribution in [2.75, 3.05) is 0 Å². The number of aromatic nitrogens is 2. The van der Waals surface area contributed by atoms with Crippen LogP contribution >= 0.6 is 15.9 Å². The Kier molecular flexibility index (Phi) is 2.49. The maximum absolute atomic E-state index is 8.68. The highest BCUT2D eigenvalue weighted by Crippen LogP contribution is 2.24. The van der Waals surface area contributed by atoms with Gasteiger partial charge in [0.2, 0.25) is 0 Å². The van der Waals surface area contributed by atoms with Gasteiger partial charge in [0.15, 0.2) is 0 Å². The summed E-state index contributed by atoms with van der Waals surface area (Å²) >= 11 is 3.46. The lowest BCUT2D eigenvalue weighted by Crippen LogP contribution is -1.95. The third-order valence-electron chi connectivity index (χ3n) is 2.47. The first kappa shape index (κ1) is 10.2. The van der Waals surface area contributed by atoms with Crippen LogP contribution in [0.1, 0.15) is 11.4 Å². The average Bonchev–Trinajstić information content (AvgIpc) is 2.47. The molecule has 0 amide bonds. The molecule has 0 spiro atoms. The van der Waals surface area contributed by atoms with Gasteiger partial charge in [0.05, 0.1) is 23.5 Å². The van der Waals surface area contributed by atoms with Crippen molar-refractivity contribution in [3.05, 3.63) is 28.0 Å². The molecule has 0 aliphatic rings. The van der Waals surface area contributed by atoms with Crippen LogP contribution in [0.15, 0.2) is 16.6 Å². The minimum Gasteiger partial charge on any atom is -0.330 e. The van der Waals surface area contributed by atoms with Gasteiger partial charge >= 0.3 is 0 Å². The first-order valence-electron chi connectivity index (χ1n) is 4.62. The Bertz CT molecular complexity index is 563. The monoisotopic (exact) mass is 263 g/mol. The Hall–Kier alpha value is -1.34. The van der Waals surface area contributed by atoms with E-state index in [4.69, 9.17) is 5.26 Å². The van der Waals surface area contributed by atoms with Crippen LogP contribution in [-0.4, -0.2) is 9.55 Å². The third-order valence-corrected chi connectivity index (χ3v) is 2.93. The van der Waals surface area contributed by atoms with Gasteiger partial charge in [-0.2, -0.15) is 5.26 Å². The van der Waals surface area contributed by atoms with Gasteiger partial charge in [-0.05, 0) is 24.6 Å². The van der Waals surface area contributed by atoms with Crippen molar-refractivity contribution in [3.8, 4) is 6.07 Å². The molecule has 1 aromatic heterocycles. The molecular formula is C11H10BrN3. The Morgan fingerprint density at radius 3 is 2.93 bits per heavy atom. The maximum atomic E-state index is 8.68. The molecule has 1 heterocycles. The van der Waals surface area contributed by atoms with Crippen molar-refractivity contribution in [2.45, 2.75) is 13.3 Å². The summed E-state index contributed by atoms with van der Waals surface area (Å²) in [6, 6.07) is 6.18. The molecule has 76 valence electrons. The molecule has 1 aromatic carbocycles. The van der Waals surface area contributed by atoms with Crippen molar-refractivity contribution < 1.29 is 0 Å². The van der Waals surface area contributed by atoms with Crippen molar-refractivity contribution in [1.29, 1.82) is 5.26 Å². The molecule has 0 bridgehead atoms. The average molecular weight is 264 g/mol. The fraction of sp³-hybridized carbons (Fsp3) is 0.273. The van der Waals surface area contributed by atoms with Gasteiger partial charge in [-0.1, -0.05) is 15.9 Å². The van der Waals surface area contributed by atoms with E-state index in [0.717, 1.165) is 26.9 Å². The predicted molar refractivity (Wildman–Crippen MR) is 62.5 cm³/mol. The summed E-state index contributed by atoms with van der Waals surface area (Å²) in [6.07, 6.45) is 0.349. The number of imidazole rings is 1. The van der Waals surface area contributed by atoms with Crippen LogP contribution in [0.5, 0.6) is 0 Å². The molecule has 0 N–H and O–H groups in total. The van der Waals surface area contributed by atoms with Crippen LogP contribution in [0.4, 0.5) is 0 Å². The number of hydrogen-bond acceptors (Lipinski definition) is 2. The van der Waals surface area contributed by atoms with Crippen molar-refractivity contribution in [1.82, 2.24) is 9.55 Å². The molecule has 15 heavy (non-hydrogen) atoms. The van der Waals surface area contributed by atoms with Gasteiger partial charge < -0.3 is 4.57 Å². The largest absolute Gasteiger partial charge is 0.330 e. The minimum absolute atomic E-state index is 0.349. The zero-order chi connectivity index (χ0) is 11.0. The number of nitriles is 1. The second-order valence-corrected chi connectivity index (χ2v) is 4.43. The summed E-state index contributed by atoms with van der Waals surface area (Å²) in [5, 5.41) is 8.68. The topological polar surface area (TPSA) is 41.6 Å². The van der Waals surface area contributed by atoms with E-state index in [2.05, 4.69) is 27.0 Å². The van der Waals surface area contributed by atoms with E-state index in [1.165, 1.54) is 0 Å². The summed E-state index contributed by atoms with van der Waals surface area (Å²) in [6.45, 7) is 2.02. The summed E-state index contributed by atoms with van der Waals surface area (Å²) in [7, 11) is 1.94. The highest BCUT2D eigenvalue weighted by Gasteiger charge is 2.09. The molecule has 0 fully saturated rings. The number of hydrogen-bond donors (Lipinski definition) is 0. The SMILES string of the molecule is Cc1cc(Br)cc2c1nc(CC#N)n2C. The fourth-order valence-electron chi connectivity index (χ4n) is 1.69. The molecule has 0 aliphatic carbocycles. The lowest BCUT2D eigenvalue weighted by molar-refractivity contribution is 0.857. The molecule has 0 saturated carbocycles. The van der Waals surface area contributed by atoms with Gasteiger partial charge in [-0.3, -0.25) is 0 Å². The molecule has 0 atom stereocenters. The lowest BCUT2D eigenvalue weighted by Gasteiger charge is -1.99. The van der Waals surface area contributed by atoms with E-state index in [9.17, 15) is 0 Å². The molecule has 4 heteroatoms. The van der Waals surface area contributed by atoms with Crippen LogP contribution in [0.3, 0.4) is 0 Å². The van der Waals surface area contributed by atoms with E-state index in [1.54, 1.807) is 0 Å². The quantitative estimate of drug-likeness (QED) is 0.794. The lowest BCUT2D eigenvalue weighted by atomic mass is 10.2. The molecule has 0 radical (unpaired) electrons. The second kappa shape index (κ2) is 3.67. The van der Waals surface area contributed by atoms with Crippen LogP contribution in [0.2, 0.25) is 0 Å². The van der Waals surface area contributed by atoms with E-state index in [-0.39, 0.29) is 0 Å². The van der Waals surface area contributed by atoms with Gasteiger partial charge in [-0.25, -0.2) is 4.98 Å². The fourth-order valence-corrected chi connectivity index (χ4v) is 2.25. The molecule has 2 aromatic rings. The summed E-state index contributed by atoms with van der Waals surface area (Å²) in [4.78, 5) is 4.46. The first-order valence-corrected chi connectivity index (χ1v) is 5.41. The zero-order valence-corrected chi connectivity index (χ0v) is 10.2. The molecule has 0 saturated heterocycles. The number of aryl methyl sites for hydroxylation is 2. The van der Waals surface area contributed by atoms with E-state index in [0.29, 0.717) is 6.42 Å². The van der Waals surface area contributed by atoms with Gasteiger partial charge in [0.25, 0.3) is 0 Å². The summed E-state index contributed by atoms with van der Waals surface area (Å²) in [5.41, 5.74) is 3.16. The van der Waals surface area contributed by atoms with Gasteiger partial charge in [-0.15, -0.1) is 0 Å². The zero-order valence-electron chi connectivity index (χ0n) is 8.58. The smallest absolute Gasteiger partial charge is 0.123 e. The van der Waals surface area contributed by atoms with Gasteiger partial charge in [0.1, 0.15) is 5.82 Å². The maximum Gasteiger partial charge on any atom is 0.123 e. The Morgan fingerprint density at radius 1 is 1.53 bits per heavy atom.